The molecule has 5 rings (SSSR count). The average molecular weight is 525 g/mol. The number of thiophene rings is 1. The Morgan fingerprint density at radius 3 is 2.37 bits per heavy atom. The highest BCUT2D eigenvalue weighted by Gasteiger charge is 2.23. The third-order valence-electron chi connectivity index (χ3n) is 5.10. The minimum absolute atomic E-state index is 0.161. The molecule has 1 unspecified atom stereocenters. The molecule has 1 amide bonds. The molecule has 0 radical (unpaired) electrons. The first kappa shape index (κ1) is 23.3. The van der Waals surface area contributed by atoms with Crippen molar-refractivity contribution < 1.29 is 22.7 Å². The second-order valence-electron chi connectivity index (χ2n) is 7.53. The van der Waals surface area contributed by atoms with Gasteiger partial charge in [0.2, 0.25) is 12.7 Å². The summed E-state index contributed by atoms with van der Waals surface area (Å²) < 4.78 is 38.5. The summed E-state index contributed by atoms with van der Waals surface area (Å²) >= 11 is 2.53. The Labute approximate surface area is 211 Å². The number of hydrogen-bond donors (Lipinski definition) is 2. The van der Waals surface area contributed by atoms with E-state index < -0.39 is 15.3 Å². The van der Waals surface area contributed by atoms with Crippen LogP contribution in [0.2, 0.25) is 0 Å². The predicted molar refractivity (Wildman–Crippen MR) is 138 cm³/mol. The molecule has 0 bridgehead atoms. The number of ether oxygens (including phenoxy) is 2. The number of hydrogen-bond acceptors (Lipinski definition) is 7. The van der Waals surface area contributed by atoms with E-state index in [1.165, 1.54) is 11.8 Å². The molecule has 35 heavy (non-hydrogen) atoms. The molecule has 0 saturated heterocycles. The second-order valence-corrected chi connectivity index (χ2v) is 11.6. The highest BCUT2D eigenvalue weighted by Crippen LogP contribution is 2.38. The Kier molecular flexibility index (Phi) is 6.67. The van der Waals surface area contributed by atoms with Crippen LogP contribution in [0.1, 0.15) is 10.8 Å². The van der Waals surface area contributed by atoms with Gasteiger partial charge in [-0.2, -0.15) is 0 Å². The number of fused-ring (bicyclic) bond motifs is 1. The second kappa shape index (κ2) is 10.0. The van der Waals surface area contributed by atoms with Crippen molar-refractivity contribution in [2.75, 3.05) is 16.8 Å². The molecule has 1 aromatic heterocycles. The van der Waals surface area contributed by atoms with Gasteiger partial charge in [0.25, 0.3) is 10.0 Å². The number of carbonyl (C=O) groups excluding carboxylic acids is 1. The number of amides is 1. The Hall–Kier alpha value is -3.47. The number of carbonyl (C=O) groups is 1. The summed E-state index contributed by atoms with van der Waals surface area (Å²) in [7, 11) is -3.62. The van der Waals surface area contributed by atoms with Crippen LogP contribution in [0, 0.1) is 0 Å². The van der Waals surface area contributed by atoms with Crippen molar-refractivity contribution in [3.05, 3.63) is 95.9 Å². The lowest BCUT2D eigenvalue weighted by atomic mass is 10.1. The lowest BCUT2D eigenvalue weighted by Gasteiger charge is -2.17. The van der Waals surface area contributed by atoms with E-state index in [2.05, 4.69) is 10.0 Å². The first-order valence-electron chi connectivity index (χ1n) is 10.6. The maximum absolute atomic E-state index is 13.3. The first-order valence-corrected chi connectivity index (χ1v) is 13.8. The number of sulfonamides is 1. The molecule has 3 aromatic carbocycles. The van der Waals surface area contributed by atoms with Gasteiger partial charge in [-0.3, -0.25) is 9.52 Å². The van der Waals surface area contributed by atoms with Crippen LogP contribution in [0.3, 0.4) is 0 Å². The molecule has 0 aliphatic carbocycles. The fourth-order valence-electron chi connectivity index (χ4n) is 3.44. The van der Waals surface area contributed by atoms with Crippen molar-refractivity contribution in [2.45, 2.75) is 14.4 Å². The standard InChI is InChI=1S/C25H20N2O5S3/c28-25(26-19-10-13-21-22(15-19)32-16-31-21)24(17-5-2-1-3-6-17)34-20-11-8-18(9-12-20)27-35(29,30)23-7-4-14-33-23/h1-15,24,27H,16H2,(H,26,28). The van der Waals surface area contributed by atoms with Gasteiger partial charge in [-0.05, 0) is 53.4 Å². The predicted octanol–water partition coefficient (Wildman–Crippen LogP) is 5.75. The molecule has 1 aliphatic heterocycles. The van der Waals surface area contributed by atoms with Crippen LogP contribution >= 0.6 is 23.1 Å². The van der Waals surface area contributed by atoms with Gasteiger partial charge in [0.15, 0.2) is 11.5 Å². The molecule has 10 heteroatoms. The van der Waals surface area contributed by atoms with Gasteiger partial charge in [0.05, 0.1) is 0 Å². The number of thioether (sulfide) groups is 1. The number of benzene rings is 3. The van der Waals surface area contributed by atoms with Crippen LogP contribution in [0.5, 0.6) is 11.5 Å². The zero-order valence-corrected chi connectivity index (χ0v) is 20.7. The molecule has 1 aliphatic rings. The minimum Gasteiger partial charge on any atom is -0.454 e. The molecule has 0 spiro atoms. The van der Waals surface area contributed by atoms with E-state index in [9.17, 15) is 13.2 Å². The fourth-order valence-corrected chi connectivity index (χ4v) is 6.52. The highest BCUT2D eigenvalue weighted by molar-refractivity contribution is 8.00. The van der Waals surface area contributed by atoms with Crippen molar-refractivity contribution >= 4 is 50.4 Å². The van der Waals surface area contributed by atoms with Crippen molar-refractivity contribution in [2.24, 2.45) is 0 Å². The summed E-state index contributed by atoms with van der Waals surface area (Å²) in [5, 5.41) is 4.15. The van der Waals surface area contributed by atoms with E-state index in [4.69, 9.17) is 9.47 Å². The lowest BCUT2D eigenvalue weighted by Crippen LogP contribution is -2.19. The van der Waals surface area contributed by atoms with E-state index in [1.807, 2.05) is 30.3 Å². The fraction of sp³-hybridized carbons (Fsp3) is 0.0800. The van der Waals surface area contributed by atoms with Crippen molar-refractivity contribution in [1.29, 1.82) is 0 Å². The summed E-state index contributed by atoms with van der Waals surface area (Å²) in [6, 6.07) is 25.0. The highest BCUT2D eigenvalue weighted by atomic mass is 32.2. The third-order valence-corrected chi connectivity index (χ3v) is 9.15. The Balaban J connectivity index is 1.33. The average Bonchev–Trinajstić information content (AvgIpc) is 3.56. The monoisotopic (exact) mass is 524 g/mol. The molecule has 178 valence electrons. The van der Waals surface area contributed by atoms with E-state index in [0.29, 0.717) is 22.9 Å². The minimum atomic E-state index is -3.62. The van der Waals surface area contributed by atoms with Crippen LogP contribution < -0.4 is 19.5 Å². The summed E-state index contributed by atoms with van der Waals surface area (Å²) in [4.78, 5) is 14.1. The van der Waals surface area contributed by atoms with Crippen LogP contribution in [-0.4, -0.2) is 21.1 Å². The number of rotatable bonds is 8. The molecule has 4 aromatic rings. The van der Waals surface area contributed by atoms with Crippen molar-refractivity contribution in [3.63, 3.8) is 0 Å². The van der Waals surface area contributed by atoms with Gasteiger partial charge in [0, 0.05) is 22.3 Å². The van der Waals surface area contributed by atoms with Gasteiger partial charge in [-0.25, -0.2) is 8.42 Å². The summed E-state index contributed by atoms with van der Waals surface area (Å²) in [6.45, 7) is 0.161. The van der Waals surface area contributed by atoms with Crippen LogP contribution in [0.4, 0.5) is 11.4 Å². The summed E-state index contributed by atoms with van der Waals surface area (Å²) in [6.07, 6.45) is 0. The molecular weight excluding hydrogens is 504 g/mol. The molecule has 0 saturated carbocycles. The zero-order valence-electron chi connectivity index (χ0n) is 18.2. The quantitative estimate of drug-likeness (QED) is 0.285. The molecule has 7 nitrogen and oxygen atoms in total. The molecule has 2 heterocycles. The smallest absolute Gasteiger partial charge is 0.271 e. The molecule has 2 N–H and O–H groups in total. The topological polar surface area (TPSA) is 93.7 Å². The number of nitrogens with one attached hydrogen (secondary N) is 2. The van der Waals surface area contributed by atoms with Gasteiger partial charge in [0.1, 0.15) is 9.46 Å². The maximum Gasteiger partial charge on any atom is 0.271 e. The Morgan fingerprint density at radius 2 is 1.63 bits per heavy atom. The van der Waals surface area contributed by atoms with E-state index in [-0.39, 0.29) is 16.9 Å². The summed E-state index contributed by atoms with van der Waals surface area (Å²) in [5.41, 5.74) is 1.90. The molecule has 1 atom stereocenters. The van der Waals surface area contributed by atoms with Crippen molar-refractivity contribution in [3.8, 4) is 11.5 Å². The third kappa shape index (κ3) is 5.45. The van der Waals surface area contributed by atoms with E-state index >= 15 is 0 Å². The number of anilines is 2. The zero-order chi connectivity index (χ0) is 24.3. The molecular formula is C25H20N2O5S3. The van der Waals surface area contributed by atoms with E-state index in [1.54, 1.807) is 60.0 Å². The Bertz CT molecular complexity index is 1420. The normalized spacial score (nSPS) is 13.3. The van der Waals surface area contributed by atoms with Gasteiger partial charge >= 0.3 is 0 Å². The van der Waals surface area contributed by atoms with Gasteiger partial charge in [-0.1, -0.05) is 36.4 Å². The first-order chi connectivity index (χ1) is 17.0. The van der Waals surface area contributed by atoms with Crippen molar-refractivity contribution in [1.82, 2.24) is 0 Å². The molecule has 0 fully saturated rings. The lowest BCUT2D eigenvalue weighted by molar-refractivity contribution is -0.115. The van der Waals surface area contributed by atoms with Crippen LogP contribution in [-0.2, 0) is 14.8 Å². The summed E-state index contributed by atoms with van der Waals surface area (Å²) in [5.74, 6) is 1.04. The van der Waals surface area contributed by atoms with Gasteiger partial charge < -0.3 is 14.8 Å². The SMILES string of the molecule is O=C(Nc1ccc2c(c1)OCO2)C(Sc1ccc(NS(=O)(=O)c2cccs2)cc1)c1ccccc1. The maximum atomic E-state index is 13.3. The van der Waals surface area contributed by atoms with E-state index in [0.717, 1.165) is 21.8 Å². The largest absolute Gasteiger partial charge is 0.454 e. The Morgan fingerprint density at radius 1 is 0.886 bits per heavy atom. The van der Waals surface area contributed by atoms with Gasteiger partial charge in [-0.15, -0.1) is 23.1 Å². The van der Waals surface area contributed by atoms with Crippen LogP contribution in [0.25, 0.3) is 0 Å². The van der Waals surface area contributed by atoms with Crippen LogP contribution in [0.15, 0.2) is 99.4 Å².